The van der Waals surface area contributed by atoms with E-state index in [-0.39, 0.29) is 5.69 Å². The van der Waals surface area contributed by atoms with Crippen molar-refractivity contribution in [1.82, 2.24) is 5.32 Å². The van der Waals surface area contributed by atoms with Gasteiger partial charge in [-0.2, -0.15) is 0 Å². The summed E-state index contributed by atoms with van der Waals surface area (Å²) in [7, 11) is 0. The molecule has 1 saturated carbocycles. The molecule has 2 rings (SSSR count). The number of hydrogen-bond donors (Lipinski definition) is 1. The number of halogens is 1. The van der Waals surface area contributed by atoms with Crippen LogP contribution in [-0.2, 0) is 0 Å². The van der Waals surface area contributed by atoms with Crippen molar-refractivity contribution in [3.05, 3.63) is 32.3 Å². The van der Waals surface area contributed by atoms with Crippen LogP contribution in [0.5, 0.6) is 5.75 Å². The number of ether oxygens (including phenoxy) is 1. The van der Waals surface area contributed by atoms with E-state index in [1.807, 2.05) is 13.0 Å². The van der Waals surface area contributed by atoms with Gasteiger partial charge in [-0.05, 0) is 44.4 Å². The van der Waals surface area contributed by atoms with Crippen LogP contribution in [-0.4, -0.2) is 24.1 Å². The highest BCUT2D eigenvalue weighted by atomic mass is 79.9. The van der Waals surface area contributed by atoms with Crippen LogP contribution >= 0.6 is 15.9 Å². The Kier molecular flexibility index (Phi) is 4.76. The van der Waals surface area contributed by atoms with Crippen molar-refractivity contribution in [1.29, 1.82) is 0 Å². The molecule has 1 aromatic rings. The fourth-order valence-electron chi connectivity index (χ4n) is 1.88. The Morgan fingerprint density at radius 3 is 2.89 bits per heavy atom. The van der Waals surface area contributed by atoms with Crippen molar-refractivity contribution in [3.8, 4) is 5.75 Å². The highest BCUT2D eigenvalue weighted by Gasteiger charge is 2.20. The first kappa shape index (κ1) is 14.3. The first-order chi connectivity index (χ1) is 9.08. The van der Waals surface area contributed by atoms with Crippen molar-refractivity contribution in [3.63, 3.8) is 0 Å². The number of rotatable bonds is 7. The second kappa shape index (κ2) is 6.34. The van der Waals surface area contributed by atoms with Gasteiger partial charge in [0.1, 0.15) is 0 Å². The van der Waals surface area contributed by atoms with E-state index in [9.17, 15) is 10.1 Å². The zero-order valence-electron chi connectivity index (χ0n) is 10.8. The van der Waals surface area contributed by atoms with E-state index in [2.05, 4.69) is 21.2 Å². The summed E-state index contributed by atoms with van der Waals surface area (Å²) >= 11 is 3.26. The first-order valence-corrected chi connectivity index (χ1v) is 7.18. The molecule has 0 aliphatic heterocycles. The molecule has 0 spiro atoms. The predicted octanol–water partition coefficient (Wildman–Crippen LogP) is 3.19. The van der Waals surface area contributed by atoms with Gasteiger partial charge in [-0.15, -0.1) is 0 Å². The van der Waals surface area contributed by atoms with Gasteiger partial charge < -0.3 is 10.1 Å². The van der Waals surface area contributed by atoms with Crippen molar-refractivity contribution in [2.45, 2.75) is 32.2 Å². The number of benzene rings is 1. The number of nitro benzene ring substituents is 1. The van der Waals surface area contributed by atoms with E-state index in [1.165, 1.54) is 18.9 Å². The van der Waals surface area contributed by atoms with Crippen LogP contribution in [0, 0.1) is 17.0 Å². The molecule has 0 unspecified atom stereocenters. The first-order valence-electron chi connectivity index (χ1n) is 6.38. The number of nitrogens with one attached hydrogen (secondary N) is 1. The maximum Gasteiger partial charge on any atom is 0.312 e. The van der Waals surface area contributed by atoms with Crippen LogP contribution < -0.4 is 10.1 Å². The Balaban J connectivity index is 1.91. The lowest BCUT2D eigenvalue weighted by Gasteiger charge is -2.10. The van der Waals surface area contributed by atoms with Gasteiger partial charge in [0.2, 0.25) is 0 Å². The molecule has 1 aromatic carbocycles. The van der Waals surface area contributed by atoms with Gasteiger partial charge in [-0.1, -0.05) is 15.9 Å². The largest absolute Gasteiger partial charge is 0.487 e. The summed E-state index contributed by atoms with van der Waals surface area (Å²) in [5.41, 5.74) is 0.790. The fourth-order valence-corrected chi connectivity index (χ4v) is 2.44. The number of nitro groups is 1. The fraction of sp³-hybridized carbons (Fsp3) is 0.538. The lowest BCUT2D eigenvalue weighted by Crippen LogP contribution is -2.19. The third kappa shape index (κ3) is 4.18. The molecule has 1 aliphatic rings. The highest BCUT2D eigenvalue weighted by molar-refractivity contribution is 9.10. The molecule has 1 fully saturated rings. The summed E-state index contributed by atoms with van der Waals surface area (Å²) in [6, 6.07) is 3.99. The van der Waals surface area contributed by atoms with Gasteiger partial charge in [0.25, 0.3) is 0 Å². The number of nitrogens with zero attached hydrogens (tertiary/aromatic N) is 1. The van der Waals surface area contributed by atoms with E-state index in [1.54, 1.807) is 0 Å². The van der Waals surface area contributed by atoms with Crippen molar-refractivity contribution >= 4 is 21.6 Å². The van der Waals surface area contributed by atoms with Gasteiger partial charge >= 0.3 is 5.69 Å². The monoisotopic (exact) mass is 328 g/mol. The Morgan fingerprint density at radius 2 is 2.26 bits per heavy atom. The number of hydrogen-bond acceptors (Lipinski definition) is 4. The molecule has 6 heteroatoms. The molecule has 0 radical (unpaired) electrons. The Bertz CT molecular complexity index is 475. The Hall–Kier alpha value is -1.14. The van der Waals surface area contributed by atoms with Gasteiger partial charge in [0, 0.05) is 16.6 Å². The van der Waals surface area contributed by atoms with E-state index >= 15 is 0 Å². The van der Waals surface area contributed by atoms with Crippen LogP contribution in [0.4, 0.5) is 5.69 Å². The minimum Gasteiger partial charge on any atom is -0.487 e. The summed E-state index contributed by atoms with van der Waals surface area (Å²) in [5.74, 6) is 0.375. The molecule has 0 aromatic heterocycles. The molecule has 1 aliphatic carbocycles. The summed E-state index contributed by atoms with van der Waals surface area (Å²) in [5, 5.41) is 14.4. The third-order valence-electron chi connectivity index (χ3n) is 2.99. The molecule has 5 nitrogen and oxygen atoms in total. The van der Waals surface area contributed by atoms with Crippen LogP contribution in [0.3, 0.4) is 0 Å². The summed E-state index contributed by atoms with van der Waals surface area (Å²) < 4.78 is 6.28. The van der Waals surface area contributed by atoms with Crippen molar-refractivity contribution in [2.75, 3.05) is 13.2 Å². The van der Waals surface area contributed by atoms with E-state index in [4.69, 9.17) is 4.74 Å². The van der Waals surface area contributed by atoms with E-state index in [0.29, 0.717) is 22.9 Å². The van der Waals surface area contributed by atoms with Gasteiger partial charge in [-0.3, -0.25) is 10.1 Å². The smallest absolute Gasteiger partial charge is 0.312 e. The topological polar surface area (TPSA) is 64.4 Å². The molecular weight excluding hydrogens is 312 g/mol. The molecular formula is C13H17BrN2O3. The molecule has 0 atom stereocenters. The molecule has 1 N–H and O–H groups in total. The van der Waals surface area contributed by atoms with Crippen LogP contribution in [0.15, 0.2) is 16.6 Å². The van der Waals surface area contributed by atoms with Crippen molar-refractivity contribution in [2.24, 2.45) is 0 Å². The minimum atomic E-state index is -0.407. The van der Waals surface area contributed by atoms with Crippen LogP contribution in [0.1, 0.15) is 24.8 Å². The van der Waals surface area contributed by atoms with E-state index in [0.717, 1.165) is 18.5 Å². The van der Waals surface area contributed by atoms with Gasteiger partial charge in [0.15, 0.2) is 5.75 Å². The summed E-state index contributed by atoms with van der Waals surface area (Å²) in [4.78, 5) is 10.6. The van der Waals surface area contributed by atoms with Gasteiger partial charge in [0.05, 0.1) is 11.5 Å². The summed E-state index contributed by atoms with van der Waals surface area (Å²) in [6.45, 7) is 3.20. The molecule has 0 amide bonds. The Labute approximate surface area is 120 Å². The van der Waals surface area contributed by atoms with E-state index < -0.39 is 4.92 Å². The van der Waals surface area contributed by atoms with Crippen molar-refractivity contribution < 1.29 is 9.66 Å². The summed E-state index contributed by atoms with van der Waals surface area (Å²) in [6.07, 6.45) is 3.37. The molecule has 104 valence electrons. The molecule has 0 saturated heterocycles. The number of aryl methyl sites for hydroxylation is 1. The predicted molar refractivity (Wildman–Crippen MR) is 76.7 cm³/mol. The SMILES string of the molecule is Cc1cc(Br)cc([N+](=O)[O-])c1OCCCNC1CC1. The third-order valence-corrected chi connectivity index (χ3v) is 3.45. The quantitative estimate of drug-likeness (QED) is 0.474. The molecule has 0 bridgehead atoms. The zero-order valence-corrected chi connectivity index (χ0v) is 12.4. The average molecular weight is 329 g/mol. The second-order valence-electron chi connectivity index (χ2n) is 4.76. The van der Waals surface area contributed by atoms with Gasteiger partial charge in [-0.25, -0.2) is 0 Å². The zero-order chi connectivity index (χ0) is 13.8. The maximum atomic E-state index is 11.0. The molecule has 0 heterocycles. The molecule has 19 heavy (non-hydrogen) atoms. The standard InChI is InChI=1S/C13H17BrN2O3/c1-9-7-10(14)8-12(16(17)18)13(9)19-6-2-5-15-11-3-4-11/h7-8,11,15H,2-6H2,1H3. The average Bonchev–Trinajstić information content (AvgIpc) is 3.14. The normalized spacial score (nSPS) is 14.4. The Morgan fingerprint density at radius 1 is 1.53 bits per heavy atom. The highest BCUT2D eigenvalue weighted by Crippen LogP contribution is 2.34. The lowest BCUT2D eigenvalue weighted by molar-refractivity contribution is -0.386. The van der Waals surface area contributed by atoms with Crippen LogP contribution in [0.2, 0.25) is 0 Å². The minimum absolute atomic E-state index is 0.0158. The van der Waals surface area contributed by atoms with Crippen LogP contribution in [0.25, 0.3) is 0 Å². The lowest BCUT2D eigenvalue weighted by atomic mass is 10.2. The maximum absolute atomic E-state index is 11.0. The second-order valence-corrected chi connectivity index (χ2v) is 5.67.